The fraction of sp³-hybridized carbons (Fsp3) is 0.381. The molecule has 0 radical (unpaired) electrons. The highest BCUT2D eigenvalue weighted by molar-refractivity contribution is 7.14. The lowest BCUT2D eigenvalue weighted by Crippen LogP contribution is -2.15. The fourth-order valence-corrected chi connectivity index (χ4v) is 3.90. The van der Waals surface area contributed by atoms with Crippen LogP contribution in [-0.4, -0.2) is 27.3 Å². The van der Waals surface area contributed by atoms with Gasteiger partial charge in [0, 0.05) is 28.7 Å². The third-order valence-electron chi connectivity index (χ3n) is 4.54. The number of anilines is 1. The number of benzene rings is 1. The first-order valence-corrected chi connectivity index (χ1v) is 10.4. The van der Waals surface area contributed by atoms with Crippen LogP contribution < -0.4 is 10.1 Å². The fourth-order valence-electron chi connectivity index (χ4n) is 3.17. The third kappa shape index (κ3) is 5.21. The number of carbonyl (C=O) groups is 1. The van der Waals surface area contributed by atoms with Crippen LogP contribution >= 0.6 is 11.3 Å². The summed E-state index contributed by atoms with van der Waals surface area (Å²) in [5.74, 6) is 0.290. The SMILES string of the molecule is Cc1nn(CC(C)C)c(C)c1CC(=O)Nc1nc(-c2ccccc2OC(F)F)cs1. The summed E-state index contributed by atoms with van der Waals surface area (Å²) in [6.45, 7) is 5.97. The Morgan fingerprint density at radius 2 is 2.00 bits per heavy atom. The van der Waals surface area contributed by atoms with E-state index in [0.29, 0.717) is 22.3 Å². The van der Waals surface area contributed by atoms with Crippen molar-refractivity contribution in [2.24, 2.45) is 5.92 Å². The first-order chi connectivity index (χ1) is 14.2. The summed E-state index contributed by atoms with van der Waals surface area (Å²) < 4.78 is 31.8. The molecule has 0 unspecified atom stereocenters. The minimum atomic E-state index is -2.92. The van der Waals surface area contributed by atoms with Gasteiger partial charge in [0.15, 0.2) is 5.13 Å². The molecule has 1 N–H and O–H groups in total. The third-order valence-corrected chi connectivity index (χ3v) is 5.29. The summed E-state index contributed by atoms with van der Waals surface area (Å²) in [6, 6.07) is 6.43. The van der Waals surface area contributed by atoms with E-state index in [2.05, 4.69) is 34.0 Å². The first kappa shape index (κ1) is 21.9. The van der Waals surface area contributed by atoms with Crippen molar-refractivity contribution in [1.82, 2.24) is 14.8 Å². The molecular formula is C21H24F2N4O2S. The molecule has 0 saturated carbocycles. The Balaban J connectivity index is 1.72. The number of aryl methyl sites for hydroxylation is 1. The number of hydrogen-bond acceptors (Lipinski definition) is 5. The molecule has 30 heavy (non-hydrogen) atoms. The van der Waals surface area contributed by atoms with Gasteiger partial charge in [-0.25, -0.2) is 4.98 Å². The first-order valence-electron chi connectivity index (χ1n) is 9.57. The summed E-state index contributed by atoms with van der Waals surface area (Å²) in [5.41, 5.74) is 3.62. The second kappa shape index (κ2) is 9.34. The minimum Gasteiger partial charge on any atom is -0.434 e. The van der Waals surface area contributed by atoms with Gasteiger partial charge in [-0.05, 0) is 31.9 Å². The van der Waals surface area contributed by atoms with Crippen molar-refractivity contribution in [3.63, 3.8) is 0 Å². The van der Waals surface area contributed by atoms with Crippen LogP contribution in [0.3, 0.4) is 0 Å². The quantitative estimate of drug-likeness (QED) is 0.538. The molecule has 0 aliphatic heterocycles. The number of aromatic nitrogens is 3. The molecule has 1 aromatic carbocycles. The van der Waals surface area contributed by atoms with E-state index >= 15 is 0 Å². The molecule has 1 amide bonds. The number of ether oxygens (including phenoxy) is 1. The Hall–Kier alpha value is -2.81. The molecule has 0 aliphatic carbocycles. The molecule has 0 saturated heterocycles. The van der Waals surface area contributed by atoms with Crippen molar-refractivity contribution in [2.75, 3.05) is 5.32 Å². The molecule has 2 aromatic heterocycles. The molecule has 3 rings (SSSR count). The highest BCUT2D eigenvalue weighted by atomic mass is 32.1. The van der Waals surface area contributed by atoms with Crippen molar-refractivity contribution in [1.29, 1.82) is 0 Å². The van der Waals surface area contributed by atoms with Gasteiger partial charge >= 0.3 is 6.61 Å². The maximum Gasteiger partial charge on any atom is 0.387 e. The number of halogens is 2. The number of carbonyl (C=O) groups excluding carboxylic acids is 1. The number of nitrogens with zero attached hydrogens (tertiary/aromatic N) is 3. The largest absolute Gasteiger partial charge is 0.434 e. The average molecular weight is 435 g/mol. The topological polar surface area (TPSA) is 69.0 Å². The van der Waals surface area contributed by atoms with Gasteiger partial charge in [0.1, 0.15) is 5.75 Å². The molecule has 160 valence electrons. The second-order valence-corrected chi connectivity index (χ2v) is 8.22. The van der Waals surface area contributed by atoms with Gasteiger partial charge in [-0.1, -0.05) is 26.0 Å². The predicted molar refractivity (Wildman–Crippen MR) is 113 cm³/mol. The number of alkyl halides is 2. The van der Waals surface area contributed by atoms with Crippen LogP contribution in [0.4, 0.5) is 13.9 Å². The molecule has 0 fully saturated rings. The van der Waals surface area contributed by atoms with E-state index in [1.807, 2.05) is 18.5 Å². The molecule has 2 heterocycles. The van der Waals surface area contributed by atoms with Crippen molar-refractivity contribution >= 4 is 22.4 Å². The lowest BCUT2D eigenvalue weighted by Gasteiger charge is -2.08. The van der Waals surface area contributed by atoms with Gasteiger partial charge in [-0.15, -0.1) is 11.3 Å². The molecule has 0 aliphatic rings. The summed E-state index contributed by atoms with van der Waals surface area (Å²) in [4.78, 5) is 16.9. The Labute approximate surface area is 177 Å². The number of rotatable bonds is 8. The Bertz CT molecular complexity index is 1030. The molecular weight excluding hydrogens is 410 g/mol. The molecule has 0 atom stereocenters. The summed E-state index contributed by atoms with van der Waals surface area (Å²) >= 11 is 1.23. The number of nitrogens with one attached hydrogen (secondary N) is 1. The molecule has 9 heteroatoms. The van der Waals surface area contributed by atoms with Crippen LogP contribution in [0.25, 0.3) is 11.3 Å². The highest BCUT2D eigenvalue weighted by Crippen LogP contribution is 2.33. The van der Waals surface area contributed by atoms with Crippen LogP contribution in [-0.2, 0) is 17.8 Å². The van der Waals surface area contributed by atoms with E-state index in [4.69, 9.17) is 0 Å². The molecule has 0 spiro atoms. The van der Waals surface area contributed by atoms with Gasteiger partial charge in [0.25, 0.3) is 0 Å². The van der Waals surface area contributed by atoms with Crippen molar-refractivity contribution in [3.05, 3.63) is 46.6 Å². The summed E-state index contributed by atoms with van der Waals surface area (Å²) in [7, 11) is 0. The van der Waals surface area contributed by atoms with Crippen molar-refractivity contribution in [3.8, 4) is 17.0 Å². The lowest BCUT2D eigenvalue weighted by atomic mass is 10.1. The van der Waals surface area contributed by atoms with Gasteiger partial charge in [-0.2, -0.15) is 13.9 Å². The van der Waals surface area contributed by atoms with Gasteiger partial charge in [0.05, 0.1) is 17.8 Å². The normalized spacial score (nSPS) is 11.3. The highest BCUT2D eigenvalue weighted by Gasteiger charge is 2.18. The van der Waals surface area contributed by atoms with Crippen molar-refractivity contribution < 1.29 is 18.3 Å². The van der Waals surface area contributed by atoms with Crippen LogP contribution in [0.5, 0.6) is 5.75 Å². The maximum absolute atomic E-state index is 12.6. The second-order valence-electron chi connectivity index (χ2n) is 7.36. The van der Waals surface area contributed by atoms with E-state index in [9.17, 15) is 13.6 Å². The predicted octanol–water partition coefficient (Wildman–Crippen LogP) is 5.06. The number of hydrogen-bond donors (Lipinski definition) is 1. The van der Waals surface area contributed by atoms with Crippen LogP contribution in [0.15, 0.2) is 29.6 Å². The van der Waals surface area contributed by atoms with E-state index in [1.54, 1.807) is 23.6 Å². The van der Waals surface area contributed by atoms with Gasteiger partial charge < -0.3 is 10.1 Å². The molecule has 0 bridgehead atoms. The number of para-hydroxylation sites is 1. The van der Waals surface area contributed by atoms with E-state index in [0.717, 1.165) is 23.5 Å². The van der Waals surface area contributed by atoms with Crippen molar-refractivity contribution in [2.45, 2.75) is 47.3 Å². The Morgan fingerprint density at radius 3 is 2.70 bits per heavy atom. The lowest BCUT2D eigenvalue weighted by molar-refractivity contribution is -0.115. The summed E-state index contributed by atoms with van der Waals surface area (Å²) in [6.07, 6.45) is 0.190. The van der Waals surface area contributed by atoms with E-state index < -0.39 is 6.61 Å². The monoisotopic (exact) mass is 434 g/mol. The Kier molecular flexibility index (Phi) is 6.81. The zero-order chi connectivity index (χ0) is 21.8. The zero-order valence-electron chi connectivity index (χ0n) is 17.3. The number of thiazole rings is 1. The van der Waals surface area contributed by atoms with Crippen LogP contribution in [0, 0.1) is 19.8 Å². The van der Waals surface area contributed by atoms with Gasteiger partial charge in [0.2, 0.25) is 5.91 Å². The van der Waals surface area contributed by atoms with Crippen LogP contribution in [0.2, 0.25) is 0 Å². The van der Waals surface area contributed by atoms with E-state index in [1.165, 1.54) is 17.4 Å². The molecule has 3 aromatic rings. The zero-order valence-corrected chi connectivity index (χ0v) is 18.1. The summed E-state index contributed by atoms with van der Waals surface area (Å²) in [5, 5.41) is 9.41. The van der Waals surface area contributed by atoms with Gasteiger partial charge in [-0.3, -0.25) is 9.48 Å². The molecule has 6 nitrogen and oxygen atoms in total. The minimum absolute atomic E-state index is 0.0412. The smallest absolute Gasteiger partial charge is 0.387 e. The van der Waals surface area contributed by atoms with E-state index in [-0.39, 0.29) is 18.1 Å². The average Bonchev–Trinajstić information content (AvgIpc) is 3.21. The Morgan fingerprint density at radius 1 is 1.27 bits per heavy atom. The number of amides is 1. The standard InChI is InChI=1S/C21H24F2N4O2S/c1-12(2)10-27-14(4)16(13(3)26-27)9-19(28)25-21-24-17(11-30-21)15-7-5-6-8-18(15)29-20(22)23/h5-8,11-12,20H,9-10H2,1-4H3,(H,24,25,28). The maximum atomic E-state index is 12.6. The van der Waals surface area contributed by atoms with Crippen LogP contribution in [0.1, 0.15) is 30.8 Å².